The molecule has 0 bridgehead atoms. The van der Waals surface area contributed by atoms with Gasteiger partial charge in [-0.15, -0.1) is 11.3 Å². The number of amides is 1. The molecule has 2 aliphatic rings. The zero-order chi connectivity index (χ0) is 24.0. The van der Waals surface area contributed by atoms with Crippen LogP contribution >= 0.6 is 22.7 Å². The summed E-state index contributed by atoms with van der Waals surface area (Å²) in [6.07, 6.45) is 2.39. The normalized spacial score (nSPS) is 29.2. The van der Waals surface area contributed by atoms with E-state index in [-0.39, 0.29) is 35.0 Å². The number of hydrogen-bond acceptors (Lipinski definition) is 5. The second-order valence-corrected chi connectivity index (χ2v) is 12.5. The summed E-state index contributed by atoms with van der Waals surface area (Å²) in [6.45, 7) is 7.18. The summed E-state index contributed by atoms with van der Waals surface area (Å²) in [6, 6.07) is 12.2. The van der Waals surface area contributed by atoms with Crippen molar-refractivity contribution < 1.29 is 9.90 Å². The van der Waals surface area contributed by atoms with Gasteiger partial charge in [-0.2, -0.15) is 11.3 Å². The van der Waals surface area contributed by atoms with Crippen LogP contribution in [0.5, 0.6) is 0 Å². The first-order chi connectivity index (χ1) is 16.3. The molecule has 0 spiro atoms. The zero-order valence-electron chi connectivity index (χ0n) is 20.4. The standard InChI is InChI=1S/C28H34N2O2S2/c1-17(27(32)30(4)15-19-8-6-5-7-9-19)21-10-12-28(3)14-22-24(18(2)23(28)25(21)31)29-26(34-22)20-11-13-33-16-20/h5-9,11,13,16-18,21,23,25,31H,10,12,14-15H2,1-4H3. The number of aliphatic hydroxyl groups is 1. The van der Waals surface area contributed by atoms with Crippen molar-refractivity contribution in [2.45, 2.75) is 58.6 Å². The van der Waals surface area contributed by atoms with Gasteiger partial charge in [0.25, 0.3) is 0 Å². The van der Waals surface area contributed by atoms with E-state index < -0.39 is 6.10 Å². The van der Waals surface area contributed by atoms with Crippen molar-refractivity contribution in [1.29, 1.82) is 0 Å². The van der Waals surface area contributed by atoms with Gasteiger partial charge in [0.15, 0.2) is 0 Å². The molecule has 6 atom stereocenters. The highest BCUT2D eigenvalue weighted by Gasteiger charge is 2.54. The van der Waals surface area contributed by atoms with Crippen LogP contribution in [0.4, 0.5) is 0 Å². The van der Waals surface area contributed by atoms with Gasteiger partial charge >= 0.3 is 0 Å². The molecule has 3 aromatic rings. The number of nitrogens with zero attached hydrogens (tertiary/aromatic N) is 2. The fraction of sp³-hybridized carbons (Fsp3) is 0.500. The topological polar surface area (TPSA) is 53.4 Å². The van der Waals surface area contributed by atoms with Crippen LogP contribution in [-0.4, -0.2) is 34.0 Å². The molecule has 6 heteroatoms. The molecular weight excluding hydrogens is 460 g/mol. The number of thiophene rings is 1. The number of carbonyl (C=O) groups excluding carboxylic acids is 1. The molecule has 0 saturated heterocycles. The van der Waals surface area contributed by atoms with Crippen molar-refractivity contribution in [2.75, 3.05) is 7.05 Å². The SMILES string of the molecule is CC(C(=O)N(C)Cc1ccccc1)C1CCC2(C)Cc3sc(-c4ccsc4)nc3C(C)C2C1O. The maximum atomic E-state index is 13.4. The van der Waals surface area contributed by atoms with Crippen LogP contribution in [0.3, 0.4) is 0 Å². The summed E-state index contributed by atoms with van der Waals surface area (Å²) in [7, 11) is 1.88. The van der Waals surface area contributed by atoms with E-state index in [9.17, 15) is 9.90 Å². The van der Waals surface area contributed by atoms with Gasteiger partial charge in [0.05, 0.1) is 11.8 Å². The van der Waals surface area contributed by atoms with Crippen molar-refractivity contribution in [2.24, 2.45) is 23.2 Å². The quantitative estimate of drug-likeness (QED) is 0.458. The van der Waals surface area contributed by atoms with Gasteiger partial charge in [-0.05, 0) is 53.5 Å². The first-order valence-corrected chi connectivity index (χ1v) is 14.0. The van der Waals surface area contributed by atoms with E-state index in [1.54, 1.807) is 11.3 Å². The third kappa shape index (κ3) is 4.14. The van der Waals surface area contributed by atoms with Crippen molar-refractivity contribution >= 4 is 28.6 Å². The number of carbonyl (C=O) groups is 1. The van der Waals surface area contributed by atoms with Gasteiger partial charge in [0.1, 0.15) is 5.01 Å². The highest BCUT2D eigenvalue weighted by atomic mass is 32.1. The Kier molecular flexibility index (Phi) is 6.42. The van der Waals surface area contributed by atoms with E-state index in [0.29, 0.717) is 6.54 Å². The summed E-state index contributed by atoms with van der Waals surface area (Å²) in [5, 5.41) is 17.1. The van der Waals surface area contributed by atoms with Crippen LogP contribution in [0.15, 0.2) is 47.2 Å². The monoisotopic (exact) mass is 494 g/mol. The Bertz CT molecular complexity index is 1140. The Balaban J connectivity index is 1.35. The second-order valence-electron chi connectivity index (χ2n) is 10.6. The van der Waals surface area contributed by atoms with Crippen LogP contribution in [0.25, 0.3) is 10.6 Å². The Morgan fingerprint density at radius 3 is 2.76 bits per heavy atom. The molecule has 0 aliphatic heterocycles. The molecule has 1 aromatic carbocycles. The lowest BCUT2D eigenvalue weighted by Gasteiger charge is -2.53. The maximum absolute atomic E-state index is 13.4. The van der Waals surface area contributed by atoms with Crippen LogP contribution in [0.1, 0.15) is 55.7 Å². The molecule has 2 aromatic heterocycles. The van der Waals surface area contributed by atoms with Gasteiger partial charge < -0.3 is 10.0 Å². The maximum Gasteiger partial charge on any atom is 0.225 e. The van der Waals surface area contributed by atoms with Gasteiger partial charge in [0.2, 0.25) is 5.91 Å². The Hall–Kier alpha value is -2.02. The number of rotatable bonds is 5. The van der Waals surface area contributed by atoms with Gasteiger partial charge in [0, 0.05) is 41.2 Å². The zero-order valence-corrected chi connectivity index (χ0v) is 22.0. The number of fused-ring (bicyclic) bond motifs is 2. The minimum atomic E-state index is -0.503. The minimum Gasteiger partial charge on any atom is -0.392 e. The summed E-state index contributed by atoms with van der Waals surface area (Å²) >= 11 is 3.52. The van der Waals surface area contributed by atoms with Crippen LogP contribution in [0, 0.1) is 23.2 Å². The van der Waals surface area contributed by atoms with Crippen molar-refractivity contribution in [3.63, 3.8) is 0 Å². The fourth-order valence-corrected chi connectivity index (χ4v) is 8.60. The molecule has 34 heavy (non-hydrogen) atoms. The first kappa shape index (κ1) is 23.7. The third-order valence-corrected chi connectivity index (χ3v) is 10.2. The highest BCUT2D eigenvalue weighted by Crippen LogP contribution is 2.57. The average molecular weight is 495 g/mol. The van der Waals surface area contributed by atoms with Crippen LogP contribution < -0.4 is 0 Å². The molecule has 1 N–H and O–H groups in total. The van der Waals surface area contributed by atoms with E-state index in [2.05, 4.69) is 42.8 Å². The van der Waals surface area contributed by atoms with Gasteiger partial charge in [-0.25, -0.2) is 4.98 Å². The fourth-order valence-electron chi connectivity index (χ4n) is 6.52. The van der Waals surface area contributed by atoms with Crippen molar-refractivity contribution in [1.82, 2.24) is 9.88 Å². The number of benzene rings is 1. The Morgan fingerprint density at radius 1 is 1.29 bits per heavy atom. The van der Waals surface area contributed by atoms with E-state index in [1.165, 1.54) is 10.4 Å². The molecule has 1 fully saturated rings. The molecule has 2 heterocycles. The molecule has 1 saturated carbocycles. The average Bonchev–Trinajstić information content (AvgIpc) is 3.49. The minimum absolute atomic E-state index is 0.0252. The smallest absolute Gasteiger partial charge is 0.225 e. The van der Waals surface area contributed by atoms with E-state index in [1.807, 2.05) is 48.4 Å². The summed E-state index contributed by atoms with van der Waals surface area (Å²) in [4.78, 5) is 21.6. The highest BCUT2D eigenvalue weighted by molar-refractivity contribution is 7.15. The lowest BCUT2D eigenvalue weighted by atomic mass is 9.53. The number of hydrogen-bond donors (Lipinski definition) is 1. The lowest BCUT2D eigenvalue weighted by Crippen LogP contribution is -2.53. The van der Waals surface area contributed by atoms with Gasteiger partial charge in [-0.3, -0.25) is 4.79 Å². The molecule has 6 unspecified atom stereocenters. The molecule has 4 nitrogen and oxygen atoms in total. The molecule has 2 aliphatic carbocycles. The van der Waals surface area contributed by atoms with Crippen LogP contribution in [-0.2, 0) is 17.8 Å². The lowest BCUT2D eigenvalue weighted by molar-refractivity contribution is -0.144. The van der Waals surface area contributed by atoms with Crippen LogP contribution in [0.2, 0.25) is 0 Å². The molecule has 1 amide bonds. The predicted molar refractivity (Wildman–Crippen MR) is 140 cm³/mol. The summed E-state index contributed by atoms with van der Waals surface area (Å²) < 4.78 is 0. The summed E-state index contributed by atoms with van der Waals surface area (Å²) in [5.41, 5.74) is 3.53. The molecule has 180 valence electrons. The molecule has 5 rings (SSSR count). The van der Waals surface area contributed by atoms with Crippen molar-refractivity contribution in [3.05, 3.63) is 63.3 Å². The second kappa shape index (κ2) is 9.21. The van der Waals surface area contributed by atoms with E-state index in [0.717, 1.165) is 35.5 Å². The predicted octanol–water partition coefficient (Wildman–Crippen LogP) is 6.22. The largest absolute Gasteiger partial charge is 0.392 e. The summed E-state index contributed by atoms with van der Waals surface area (Å²) in [5.74, 6) is 0.181. The van der Waals surface area contributed by atoms with Gasteiger partial charge in [-0.1, -0.05) is 51.1 Å². The van der Waals surface area contributed by atoms with E-state index >= 15 is 0 Å². The molecular formula is C28H34N2O2S2. The Morgan fingerprint density at radius 2 is 2.06 bits per heavy atom. The Labute approximate surface area is 210 Å². The third-order valence-electron chi connectivity index (χ3n) is 8.36. The number of aromatic nitrogens is 1. The van der Waals surface area contributed by atoms with Crippen molar-refractivity contribution in [3.8, 4) is 10.6 Å². The first-order valence-electron chi connectivity index (χ1n) is 12.3. The number of aliphatic hydroxyl groups excluding tert-OH is 1. The molecule has 0 radical (unpaired) electrons. The van der Waals surface area contributed by atoms with E-state index in [4.69, 9.17) is 4.98 Å². The number of thiazole rings is 1.